The van der Waals surface area contributed by atoms with Crippen molar-refractivity contribution in [2.24, 2.45) is 0 Å². The lowest BCUT2D eigenvalue weighted by molar-refractivity contribution is -0.140. The molecule has 0 aliphatic carbocycles. The Hall–Kier alpha value is -4.00. The van der Waals surface area contributed by atoms with Crippen LogP contribution in [-0.4, -0.2) is 45.1 Å². The van der Waals surface area contributed by atoms with E-state index in [9.17, 15) is 4.79 Å². The Morgan fingerprint density at radius 3 is 2.48 bits per heavy atom. The van der Waals surface area contributed by atoms with Crippen LogP contribution in [0.5, 0.6) is 5.75 Å². The molecule has 0 spiro atoms. The molecule has 166 valence electrons. The number of hydrogen-bond donors (Lipinski definition) is 0. The van der Waals surface area contributed by atoms with Crippen LogP contribution in [0.4, 0.5) is 0 Å². The van der Waals surface area contributed by atoms with Gasteiger partial charge in [0.2, 0.25) is 11.7 Å². The Morgan fingerprint density at radius 2 is 1.73 bits per heavy atom. The quantitative estimate of drug-likeness (QED) is 0.404. The lowest BCUT2D eigenvalue weighted by atomic mass is 10.1. The summed E-state index contributed by atoms with van der Waals surface area (Å²) in [6.45, 7) is 1.26. The summed E-state index contributed by atoms with van der Waals surface area (Å²) in [5.41, 5.74) is 2.94. The van der Waals surface area contributed by atoms with Crippen LogP contribution in [0.3, 0.4) is 0 Å². The predicted molar refractivity (Wildman–Crippen MR) is 123 cm³/mol. The summed E-state index contributed by atoms with van der Waals surface area (Å²) < 4.78 is 11.4. The second-order valence-corrected chi connectivity index (χ2v) is 8.06. The summed E-state index contributed by atoms with van der Waals surface area (Å²) in [4.78, 5) is 22.7. The number of ether oxygens (including phenoxy) is 1. The van der Waals surface area contributed by atoms with E-state index < -0.39 is 0 Å². The molecule has 0 bridgehead atoms. The number of amides is 1. The van der Waals surface area contributed by atoms with E-state index in [0.29, 0.717) is 31.2 Å². The third kappa shape index (κ3) is 5.09. The highest BCUT2D eigenvalue weighted by molar-refractivity contribution is 5.77. The van der Waals surface area contributed by atoms with Crippen molar-refractivity contribution >= 4 is 5.91 Å². The first-order chi connectivity index (χ1) is 16.2. The monoisotopic (exact) mass is 440 g/mol. The highest BCUT2D eigenvalue weighted by Crippen LogP contribution is 2.25. The largest absolute Gasteiger partial charge is 0.487 e. The zero-order valence-corrected chi connectivity index (χ0v) is 18.1. The molecule has 2 aromatic carbocycles. The van der Waals surface area contributed by atoms with Gasteiger partial charge in [-0.3, -0.25) is 9.78 Å². The van der Waals surface area contributed by atoms with Crippen LogP contribution in [0.15, 0.2) is 83.6 Å². The number of nitrogens with zero attached hydrogens (tertiary/aromatic N) is 4. The number of carbonyl (C=O) groups is 1. The Balaban J connectivity index is 1.08. The molecule has 2 aromatic heterocycles. The van der Waals surface area contributed by atoms with Gasteiger partial charge in [0.25, 0.3) is 5.89 Å². The number of aryl methyl sites for hydroxylation is 1. The third-order valence-corrected chi connectivity index (χ3v) is 5.67. The Kier molecular flexibility index (Phi) is 6.10. The number of hydrogen-bond acceptors (Lipinski definition) is 6. The van der Waals surface area contributed by atoms with E-state index in [0.717, 1.165) is 29.7 Å². The maximum Gasteiger partial charge on any atom is 0.258 e. The second kappa shape index (κ2) is 9.65. The first-order valence-corrected chi connectivity index (χ1v) is 11.1. The fourth-order valence-corrected chi connectivity index (χ4v) is 3.79. The molecule has 0 atom stereocenters. The molecule has 5 rings (SSSR count). The molecule has 0 radical (unpaired) electrons. The fraction of sp³-hybridized carbons (Fsp3) is 0.231. The first-order valence-electron chi connectivity index (χ1n) is 11.1. The highest BCUT2D eigenvalue weighted by Gasteiger charge is 2.31. The van der Waals surface area contributed by atoms with Crippen LogP contribution >= 0.6 is 0 Å². The van der Waals surface area contributed by atoms with Crippen molar-refractivity contribution in [1.29, 1.82) is 0 Å². The molecule has 7 nitrogen and oxygen atoms in total. The molecule has 1 saturated heterocycles. The predicted octanol–water partition coefficient (Wildman–Crippen LogP) is 4.41. The zero-order chi connectivity index (χ0) is 22.5. The Bertz CT molecular complexity index is 1190. The van der Waals surface area contributed by atoms with Gasteiger partial charge in [0, 0.05) is 29.9 Å². The summed E-state index contributed by atoms with van der Waals surface area (Å²) in [7, 11) is 0. The van der Waals surface area contributed by atoms with Crippen LogP contribution in [-0.2, 0) is 11.2 Å². The minimum atomic E-state index is 0.0254. The summed E-state index contributed by atoms with van der Waals surface area (Å²) in [6, 6.07) is 21.5. The van der Waals surface area contributed by atoms with Gasteiger partial charge in [0.15, 0.2) is 0 Å². The van der Waals surface area contributed by atoms with Crippen LogP contribution in [0.2, 0.25) is 0 Å². The van der Waals surface area contributed by atoms with Crippen molar-refractivity contribution in [3.8, 4) is 28.6 Å². The van der Waals surface area contributed by atoms with Crippen LogP contribution in [0.25, 0.3) is 22.8 Å². The fourth-order valence-electron chi connectivity index (χ4n) is 3.79. The van der Waals surface area contributed by atoms with Gasteiger partial charge in [0.1, 0.15) is 11.9 Å². The van der Waals surface area contributed by atoms with Crippen molar-refractivity contribution < 1.29 is 14.1 Å². The first kappa shape index (κ1) is 20.9. The van der Waals surface area contributed by atoms with Crippen LogP contribution in [0.1, 0.15) is 18.4 Å². The summed E-state index contributed by atoms with van der Waals surface area (Å²) in [5, 5.41) is 4.06. The van der Waals surface area contributed by atoms with E-state index >= 15 is 0 Å². The van der Waals surface area contributed by atoms with Gasteiger partial charge >= 0.3 is 0 Å². The number of rotatable bonds is 8. The van der Waals surface area contributed by atoms with Gasteiger partial charge in [-0.25, -0.2) is 0 Å². The van der Waals surface area contributed by atoms with Gasteiger partial charge in [-0.05, 0) is 54.8 Å². The van der Waals surface area contributed by atoms with Crippen molar-refractivity contribution in [2.75, 3.05) is 13.1 Å². The standard InChI is InChI=1S/C26H24N4O3/c31-24(8-4-7-19-5-2-1-3-6-19)30-17-23(18-30)32-22-11-9-20(10-12-22)25-28-26(33-29-25)21-13-15-27-16-14-21/h1-3,5-6,9-16,23H,4,7-8,17-18H2. The minimum Gasteiger partial charge on any atom is -0.487 e. The molecular formula is C26H24N4O3. The van der Waals surface area contributed by atoms with Crippen LogP contribution < -0.4 is 4.74 Å². The second-order valence-electron chi connectivity index (χ2n) is 8.06. The van der Waals surface area contributed by atoms with Gasteiger partial charge < -0.3 is 14.2 Å². The zero-order valence-electron chi connectivity index (χ0n) is 18.1. The molecule has 1 aliphatic heterocycles. The molecule has 1 fully saturated rings. The minimum absolute atomic E-state index is 0.0254. The van der Waals surface area contributed by atoms with E-state index in [-0.39, 0.29) is 12.0 Å². The Labute approximate surface area is 192 Å². The van der Waals surface area contributed by atoms with E-state index in [1.807, 2.05) is 59.5 Å². The number of carbonyl (C=O) groups excluding carboxylic acids is 1. The van der Waals surface area contributed by atoms with Crippen molar-refractivity contribution in [3.05, 3.63) is 84.7 Å². The number of aromatic nitrogens is 3. The summed E-state index contributed by atoms with van der Waals surface area (Å²) >= 11 is 0. The molecule has 0 N–H and O–H groups in total. The molecular weight excluding hydrogens is 416 g/mol. The van der Waals surface area contributed by atoms with E-state index in [4.69, 9.17) is 9.26 Å². The van der Waals surface area contributed by atoms with Crippen molar-refractivity contribution in [2.45, 2.75) is 25.4 Å². The average molecular weight is 441 g/mol. The topological polar surface area (TPSA) is 81.4 Å². The average Bonchev–Trinajstić information content (AvgIpc) is 3.33. The Morgan fingerprint density at radius 1 is 0.970 bits per heavy atom. The van der Waals surface area contributed by atoms with E-state index in [1.54, 1.807) is 12.4 Å². The normalized spacial score (nSPS) is 13.5. The van der Waals surface area contributed by atoms with Gasteiger partial charge in [-0.1, -0.05) is 35.5 Å². The number of benzene rings is 2. The number of likely N-dealkylation sites (tertiary alicyclic amines) is 1. The molecule has 7 heteroatoms. The maximum atomic E-state index is 12.4. The smallest absolute Gasteiger partial charge is 0.258 e. The summed E-state index contributed by atoms with van der Waals surface area (Å²) in [6.07, 6.45) is 5.76. The lowest BCUT2D eigenvalue weighted by Gasteiger charge is -2.39. The molecule has 1 aliphatic rings. The van der Waals surface area contributed by atoms with Gasteiger partial charge in [0.05, 0.1) is 13.1 Å². The van der Waals surface area contributed by atoms with E-state index in [1.165, 1.54) is 5.56 Å². The number of pyridine rings is 1. The molecule has 0 unspecified atom stereocenters. The molecule has 4 aromatic rings. The van der Waals surface area contributed by atoms with Crippen molar-refractivity contribution in [3.63, 3.8) is 0 Å². The SMILES string of the molecule is O=C(CCCc1ccccc1)N1CC(Oc2ccc(-c3noc(-c4ccncc4)n3)cc2)C1. The van der Waals surface area contributed by atoms with E-state index in [2.05, 4.69) is 27.3 Å². The molecule has 1 amide bonds. The summed E-state index contributed by atoms with van der Waals surface area (Å²) in [5.74, 6) is 1.93. The third-order valence-electron chi connectivity index (χ3n) is 5.67. The van der Waals surface area contributed by atoms with Crippen LogP contribution in [0, 0.1) is 0 Å². The van der Waals surface area contributed by atoms with Crippen molar-refractivity contribution in [1.82, 2.24) is 20.0 Å². The molecule has 0 saturated carbocycles. The maximum absolute atomic E-state index is 12.4. The lowest BCUT2D eigenvalue weighted by Crippen LogP contribution is -2.56. The highest BCUT2D eigenvalue weighted by atomic mass is 16.5. The van der Waals surface area contributed by atoms with Gasteiger partial charge in [-0.15, -0.1) is 0 Å². The van der Waals surface area contributed by atoms with Gasteiger partial charge in [-0.2, -0.15) is 4.98 Å². The molecule has 33 heavy (non-hydrogen) atoms. The molecule has 3 heterocycles.